The molecule has 37 heavy (non-hydrogen) atoms. The van der Waals surface area contributed by atoms with E-state index in [2.05, 4.69) is 9.97 Å². The van der Waals surface area contributed by atoms with Gasteiger partial charge in [0.1, 0.15) is 11.3 Å². The fraction of sp³-hybridized carbons (Fsp3) is 0.370. The predicted octanol–water partition coefficient (Wildman–Crippen LogP) is 4.60. The Morgan fingerprint density at radius 1 is 1.11 bits per heavy atom. The van der Waals surface area contributed by atoms with E-state index in [1.807, 2.05) is 17.4 Å². The van der Waals surface area contributed by atoms with Crippen LogP contribution in [0.4, 0.5) is 13.2 Å². The van der Waals surface area contributed by atoms with Crippen molar-refractivity contribution in [3.63, 3.8) is 0 Å². The maximum Gasteiger partial charge on any atom is 0.416 e. The number of aromatic amines is 1. The van der Waals surface area contributed by atoms with Crippen LogP contribution in [0.1, 0.15) is 57.2 Å². The molecule has 10 heteroatoms. The van der Waals surface area contributed by atoms with Crippen LogP contribution in [0, 0.1) is 6.92 Å². The summed E-state index contributed by atoms with van der Waals surface area (Å²) in [6, 6.07) is 7.26. The Labute approximate surface area is 209 Å². The summed E-state index contributed by atoms with van der Waals surface area (Å²) < 4.78 is 47.0. The van der Waals surface area contributed by atoms with E-state index in [1.165, 1.54) is 6.07 Å². The molecule has 1 fully saturated rings. The minimum Gasteiger partial charge on any atom is -0.381 e. The molecule has 0 radical (unpaired) electrons. The first-order chi connectivity index (χ1) is 17.7. The minimum atomic E-state index is -4.44. The van der Waals surface area contributed by atoms with Gasteiger partial charge in [0.05, 0.1) is 22.8 Å². The van der Waals surface area contributed by atoms with Crippen molar-refractivity contribution in [3.8, 4) is 0 Å². The predicted molar refractivity (Wildman–Crippen MR) is 131 cm³/mol. The van der Waals surface area contributed by atoms with Gasteiger partial charge in [-0.3, -0.25) is 14.0 Å². The van der Waals surface area contributed by atoms with Crippen LogP contribution in [0.15, 0.2) is 41.3 Å². The summed E-state index contributed by atoms with van der Waals surface area (Å²) in [5, 5.41) is 0. The number of hydrogen-bond donors (Lipinski definition) is 1. The number of amides is 1. The Morgan fingerprint density at radius 2 is 1.89 bits per heavy atom. The van der Waals surface area contributed by atoms with Gasteiger partial charge in [-0.1, -0.05) is 6.07 Å². The highest BCUT2D eigenvalue weighted by Crippen LogP contribution is 2.33. The Bertz CT molecular complexity index is 1600. The number of fused-ring (bicyclic) bond motifs is 4. The lowest BCUT2D eigenvalue weighted by Crippen LogP contribution is -2.36. The number of aryl methyl sites for hydroxylation is 1. The second-order valence-electron chi connectivity index (χ2n) is 9.82. The molecule has 2 aromatic heterocycles. The third-order valence-electron chi connectivity index (χ3n) is 7.50. The van der Waals surface area contributed by atoms with Crippen molar-refractivity contribution >= 4 is 22.5 Å². The third kappa shape index (κ3) is 4.09. The Morgan fingerprint density at radius 3 is 2.65 bits per heavy atom. The molecule has 0 atom stereocenters. The molecule has 2 aromatic carbocycles. The van der Waals surface area contributed by atoms with Gasteiger partial charge in [-0.2, -0.15) is 13.2 Å². The summed E-state index contributed by atoms with van der Waals surface area (Å²) in [7, 11) is 0. The average molecular weight is 511 g/mol. The lowest BCUT2D eigenvalue weighted by molar-refractivity contribution is -0.137. The molecular formula is C27H25F3N4O3. The summed E-state index contributed by atoms with van der Waals surface area (Å²) in [5.74, 6) is 0.692. The maximum absolute atomic E-state index is 13.5. The van der Waals surface area contributed by atoms with E-state index in [9.17, 15) is 22.8 Å². The zero-order valence-electron chi connectivity index (χ0n) is 20.2. The number of rotatable bonds is 2. The molecule has 4 aromatic rings. The van der Waals surface area contributed by atoms with E-state index < -0.39 is 11.7 Å². The van der Waals surface area contributed by atoms with Crippen LogP contribution in [-0.2, 0) is 23.9 Å². The number of H-pyrrole nitrogens is 1. The van der Waals surface area contributed by atoms with Crippen molar-refractivity contribution in [2.24, 2.45) is 0 Å². The lowest BCUT2D eigenvalue weighted by Gasteiger charge is -2.30. The minimum absolute atomic E-state index is 0.0978. The largest absolute Gasteiger partial charge is 0.416 e. The second kappa shape index (κ2) is 8.72. The summed E-state index contributed by atoms with van der Waals surface area (Å²) >= 11 is 0. The number of hydrogen-bond acceptors (Lipinski definition) is 4. The topological polar surface area (TPSA) is 79.7 Å². The van der Waals surface area contributed by atoms with Gasteiger partial charge >= 0.3 is 6.18 Å². The van der Waals surface area contributed by atoms with Gasteiger partial charge in [-0.05, 0) is 67.1 Å². The van der Waals surface area contributed by atoms with Crippen LogP contribution in [0.2, 0.25) is 0 Å². The Hall–Kier alpha value is -3.66. The average Bonchev–Trinajstić information content (AvgIpc) is 3.34. The summed E-state index contributed by atoms with van der Waals surface area (Å²) in [6.07, 6.45) is -0.750. The van der Waals surface area contributed by atoms with Gasteiger partial charge in [0, 0.05) is 37.8 Å². The number of halogens is 3. The molecule has 0 spiro atoms. The van der Waals surface area contributed by atoms with Gasteiger partial charge in [0.15, 0.2) is 0 Å². The molecule has 0 aliphatic carbocycles. The number of nitrogens with zero attached hydrogens (tertiary/aromatic N) is 3. The van der Waals surface area contributed by atoms with E-state index in [0.29, 0.717) is 53.9 Å². The molecule has 1 saturated heterocycles. The first kappa shape index (κ1) is 23.7. The molecule has 0 saturated carbocycles. The molecule has 2 aliphatic rings. The fourth-order valence-electron chi connectivity index (χ4n) is 5.49. The third-order valence-corrected chi connectivity index (χ3v) is 7.50. The molecule has 0 unspecified atom stereocenters. The molecule has 1 N–H and O–H groups in total. The number of ether oxygens (including phenoxy) is 1. The number of imidazole rings is 1. The van der Waals surface area contributed by atoms with Crippen LogP contribution in [-0.4, -0.2) is 44.9 Å². The van der Waals surface area contributed by atoms with Crippen molar-refractivity contribution in [1.29, 1.82) is 0 Å². The smallest absolute Gasteiger partial charge is 0.381 e. The Kier molecular flexibility index (Phi) is 5.59. The molecule has 7 nitrogen and oxygen atoms in total. The van der Waals surface area contributed by atoms with Crippen molar-refractivity contribution in [3.05, 3.63) is 80.5 Å². The summed E-state index contributed by atoms with van der Waals surface area (Å²) in [4.78, 5) is 35.4. The van der Waals surface area contributed by atoms with Crippen LogP contribution < -0.4 is 5.56 Å². The zero-order chi connectivity index (χ0) is 25.9. The molecule has 192 valence electrons. The van der Waals surface area contributed by atoms with Crippen molar-refractivity contribution in [2.75, 3.05) is 19.8 Å². The SMILES string of the molecule is Cc1cc2c(cc1C(=O)N1CCc3ccc(C(F)(F)F)cc3C1)[nH]c(=O)c1cnc(C3CCOCC3)n12. The van der Waals surface area contributed by atoms with Crippen LogP contribution in [0.5, 0.6) is 0 Å². The van der Waals surface area contributed by atoms with Gasteiger partial charge in [-0.25, -0.2) is 4.98 Å². The standard InChI is InChI=1S/C27H25F3N4O3/c1-15-10-22-21(32-25(35)23-13-31-24(34(22)23)17-5-8-37-9-6-17)12-20(15)26(36)33-7-4-16-2-3-19(27(28,29)30)11-18(16)14-33/h2-3,10-13,17H,4-9,14H2,1H3,(H,32,35). The highest BCUT2D eigenvalue weighted by atomic mass is 19.4. The van der Waals surface area contributed by atoms with Gasteiger partial charge < -0.3 is 14.6 Å². The van der Waals surface area contributed by atoms with E-state index in [0.717, 1.165) is 41.9 Å². The Balaban J connectivity index is 1.38. The molecule has 6 rings (SSSR count). The number of benzene rings is 2. The molecule has 2 aliphatic heterocycles. The van der Waals surface area contributed by atoms with Crippen molar-refractivity contribution in [2.45, 2.75) is 44.8 Å². The lowest BCUT2D eigenvalue weighted by atomic mass is 9.96. The van der Waals surface area contributed by atoms with Gasteiger partial charge in [-0.15, -0.1) is 0 Å². The first-order valence-electron chi connectivity index (χ1n) is 12.3. The number of carbonyl (C=O) groups is 1. The maximum atomic E-state index is 13.5. The highest BCUT2D eigenvalue weighted by molar-refractivity contribution is 5.99. The van der Waals surface area contributed by atoms with E-state index in [4.69, 9.17) is 4.74 Å². The zero-order valence-corrected chi connectivity index (χ0v) is 20.2. The summed E-state index contributed by atoms with van der Waals surface area (Å²) in [5.41, 5.74) is 3.13. The quantitative estimate of drug-likeness (QED) is 0.428. The molecule has 1 amide bonds. The van der Waals surface area contributed by atoms with Gasteiger partial charge in [0.2, 0.25) is 0 Å². The first-order valence-corrected chi connectivity index (χ1v) is 12.3. The van der Waals surface area contributed by atoms with Crippen LogP contribution in [0.3, 0.4) is 0 Å². The second-order valence-corrected chi connectivity index (χ2v) is 9.82. The van der Waals surface area contributed by atoms with Crippen LogP contribution in [0.25, 0.3) is 16.6 Å². The van der Waals surface area contributed by atoms with E-state index in [1.54, 1.807) is 17.2 Å². The van der Waals surface area contributed by atoms with E-state index >= 15 is 0 Å². The highest BCUT2D eigenvalue weighted by Gasteiger charge is 2.32. The molecule has 4 heterocycles. The van der Waals surface area contributed by atoms with E-state index in [-0.39, 0.29) is 23.9 Å². The normalized spacial score (nSPS) is 16.9. The van der Waals surface area contributed by atoms with Crippen LogP contribution >= 0.6 is 0 Å². The summed E-state index contributed by atoms with van der Waals surface area (Å²) in [6.45, 7) is 3.61. The molecular weight excluding hydrogens is 485 g/mol. The number of alkyl halides is 3. The number of nitrogens with one attached hydrogen (secondary N) is 1. The number of aromatic nitrogens is 3. The van der Waals surface area contributed by atoms with Crippen molar-refractivity contribution < 1.29 is 22.7 Å². The van der Waals surface area contributed by atoms with Gasteiger partial charge in [0.25, 0.3) is 11.5 Å². The molecule has 0 bridgehead atoms. The number of carbonyl (C=O) groups excluding carboxylic acids is 1. The monoisotopic (exact) mass is 510 g/mol. The van der Waals surface area contributed by atoms with Crippen molar-refractivity contribution in [1.82, 2.24) is 19.3 Å². The fourth-order valence-corrected chi connectivity index (χ4v) is 5.49.